The third-order valence-electron chi connectivity index (χ3n) is 5.94. The van der Waals surface area contributed by atoms with E-state index in [9.17, 15) is 0 Å². The quantitative estimate of drug-likeness (QED) is 0.496. The second kappa shape index (κ2) is 7.66. The maximum absolute atomic E-state index is 6.46. The Morgan fingerprint density at radius 1 is 0.857 bits per heavy atom. The molecule has 3 heteroatoms. The number of rotatable bonds is 4. The third-order valence-corrected chi connectivity index (χ3v) is 7.92. The van der Waals surface area contributed by atoms with Crippen molar-refractivity contribution in [1.82, 2.24) is 0 Å². The molecule has 0 saturated heterocycles. The van der Waals surface area contributed by atoms with Crippen LogP contribution in [0, 0.1) is 0 Å². The van der Waals surface area contributed by atoms with E-state index in [-0.39, 0.29) is 5.41 Å². The van der Waals surface area contributed by atoms with Gasteiger partial charge in [0.05, 0.1) is 0 Å². The summed E-state index contributed by atoms with van der Waals surface area (Å²) in [5.74, 6) is 5.96. The lowest BCUT2D eigenvalue weighted by Gasteiger charge is -2.42. The van der Waals surface area contributed by atoms with Gasteiger partial charge >= 0.3 is 0 Å². The van der Waals surface area contributed by atoms with Crippen LogP contribution < -0.4 is 9.64 Å². The van der Waals surface area contributed by atoms with Crippen LogP contribution in [0.25, 0.3) is 0 Å². The SMILES string of the molecule is [CH3][Al]([CH3])[CH]1c2cccc(C(C)(C)c3ccccc3)c2OCN1c1ccccc1. The summed E-state index contributed by atoms with van der Waals surface area (Å²) >= 11 is -1.02. The van der Waals surface area contributed by atoms with Crippen LogP contribution in [-0.4, -0.2) is 20.9 Å². The van der Waals surface area contributed by atoms with Crippen LogP contribution in [0.5, 0.6) is 5.75 Å². The van der Waals surface area contributed by atoms with Crippen LogP contribution >= 0.6 is 0 Å². The van der Waals surface area contributed by atoms with Gasteiger partial charge in [-0.15, -0.1) is 11.6 Å². The lowest BCUT2D eigenvalue weighted by Crippen LogP contribution is -2.43. The average Bonchev–Trinajstić information content (AvgIpc) is 2.73. The number of anilines is 1. The molecule has 0 spiro atoms. The molecule has 0 radical (unpaired) electrons. The molecule has 2 nitrogen and oxygen atoms in total. The number of hydrogen-bond acceptors (Lipinski definition) is 2. The van der Waals surface area contributed by atoms with Crippen LogP contribution in [-0.2, 0) is 5.41 Å². The van der Waals surface area contributed by atoms with Gasteiger partial charge in [0.25, 0.3) is 14.1 Å². The highest BCUT2D eigenvalue weighted by molar-refractivity contribution is 6.58. The summed E-state index contributed by atoms with van der Waals surface area (Å²) in [5, 5.41) is 0. The van der Waals surface area contributed by atoms with Crippen molar-refractivity contribution in [2.24, 2.45) is 0 Å². The lowest BCUT2D eigenvalue weighted by molar-refractivity contribution is 0.278. The zero-order chi connectivity index (χ0) is 19.7. The predicted octanol–water partition coefficient (Wildman–Crippen LogP) is 6.20. The van der Waals surface area contributed by atoms with Crippen molar-refractivity contribution in [2.75, 3.05) is 11.6 Å². The van der Waals surface area contributed by atoms with Gasteiger partial charge in [0.15, 0.2) is 6.73 Å². The average molecular weight is 385 g/mol. The van der Waals surface area contributed by atoms with Crippen molar-refractivity contribution < 1.29 is 4.74 Å². The van der Waals surface area contributed by atoms with Crippen molar-refractivity contribution in [3.8, 4) is 5.75 Å². The first kappa shape index (κ1) is 19.1. The van der Waals surface area contributed by atoms with E-state index in [0.717, 1.165) is 5.75 Å². The number of para-hydroxylation sites is 2. The van der Waals surface area contributed by atoms with Crippen molar-refractivity contribution >= 4 is 19.8 Å². The summed E-state index contributed by atoms with van der Waals surface area (Å²) in [6.45, 7) is 5.20. The fourth-order valence-electron chi connectivity index (χ4n) is 4.41. The molecule has 1 aliphatic heterocycles. The Labute approximate surface area is 173 Å². The van der Waals surface area contributed by atoms with E-state index in [2.05, 4.69) is 109 Å². The standard InChI is InChI=1S/C23H22NO.2CH3.Al/c1-23(2,19-11-5-3-6-12-19)21-15-9-10-18-16-24(17-25-22(18)21)20-13-7-4-8-14-20;;;/h3-16H,17H2,1-2H3;2*1H3;. The van der Waals surface area contributed by atoms with Gasteiger partial charge in [-0.3, -0.25) is 0 Å². The maximum atomic E-state index is 6.46. The molecule has 1 aliphatic rings. The van der Waals surface area contributed by atoms with E-state index in [1.54, 1.807) is 0 Å². The summed E-state index contributed by atoms with van der Waals surface area (Å²) in [6.07, 6.45) is 0. The van der Waals surface area contributed by atoms with E-state index in [4.69, 9.17) is 4.74 Å². The molecule has 0 fully saturated rings. The van der Waals surface area contributed by atoms with Crippen molar-refractivity contribution in [3.63, 3.8) is 0 Å². The molecule has 1 atom stereocenters. The largest absolute Gasteiger partial charge is 0.473 e. The summed E-state index contributed by atoms with van der Waals surface area (Å²) in [7, 11) is 0. The molecule has 0 amide bonds. The Bertz CT molecular complexity index is 937. The van der Waals surface area contributed by atoms with Crippen molar-refractivity contribution in [2.45, 2.75) is 35.7 Å². The van der Waals surface area contributed by atoms with Crippen LogP contribution in [0.3, 0.4) is 0 Å². The van der Waals surface area contributed by atoms with Crippen molar-refractivity contribution in [1.29, 1.82) is 0 Å². The third kappa shape index (κ3) is 3.34. The minimum atomic E-state index is -1.02. The first-order valence-electron chi connectivity index (χ1n) is 10.1. The molecular weight excluding hydrogens is 357 g/mol. The van der Waals surface area contributed by atoms with Gasteiger partial charge in [0.1, 0.15) is 5.75 Å². The molecule has 0 bridgehead atoms. The van der Waals surface area contributed by atoms with Gasteiger partial charge in [-0.2, -0.15) is 0 Å². The minimum absolute atomic E-state index is 0.107. The van der Waals surface area contributed by atoms with Gasteiger partial charge in [0.2, 0.25) is 0 Å². The van der Waals surface area contributed by atoms with Crippen LogP contribution in [0.2, 0.25) is 11.6 Å². The van der Waals surface area contributed by atoms with E-state index in [0.29, 0.717) is 11.6 Å². The molecule has 4 rings (SSSR count). The first-order chi connectivity index (χ1) is 13.5. The number of ether oxygens (including phenoxy) is 1. The van der Waals surface area contributed by atoms with Crippen molar-refractivity contribution in [3.05, 3.63) is 95.6 Å². The predicted molar refractivity (Wildman–Crippen MR) is 120 cm³/mol. The highest BCUT2D eigenvalue weighted by atomic mass is 27.2. The number of fused-ring (bicyclic) bond motifs is 1. The van der Waals surface area contributed by atoms with E-state index >= 15 is 0 Å². The number of nitrogens with zero attached hydrogens (tertiary/aromatic N) is 1. The van der Waals surface area contributed by atoms with Gasteiger partial charge < -0.3 is 9.64 Å². The lowest BCUT2D eigenvalue weighted by atomic mass is 9.77. The number of benzene rings is 3. The molecule has 142 valence electrons. The molecule has 0 saturated carbocycles. The van der Waals surface area contributed by atoms with E-state index in [1.165, 1.54) is 22.4 Å². The van der Waals surface area contributed by atoms with Gasteiger partial charge in [0, 0.05) is 27.1 Å². The zero-order valence-electron chi connectivity index (χ0n) is 17.2. The highest BCUT2D eigenvalue weighted by Gasteiger charge is 2.37. The summed E-state index contributed by atoms with van der Waals surface area (Å²) in [5.41, 5.74) is 5.08. The molecule has 3 aromatic rings. The Hall–Kier alpha value is -2.21. The Balaban J connectivity index is 1.82. The van der Waals surface area contributed by atoms with Crippen LogP contribution in [0.4, 0.5) is 5.69 Å². The second-order valence-electron chi connectivity index (χ2n) is 8.48. The summed E-state index contributed by atoms with van der Waals surface area (Å²) in [6, 6.07) is 28.1. The molecule has 1 heterocycles. The fourth-order valence-corrected chi connectivity index (χ4v) is 6.37. The molecule has 0 aliphatic carbocycles. The summed E-state index contributed by atoms with van der Waals surface area (Å²) in [4.78, 5) is 2.87. The molecule has 28 heavy (non-hydrogen) atoms. The highest BCUT2D eigenvalue weighted by Crippen LogP contribution is 2.45. The molecule has 3 aromatic carbocycles. The normalized spacial score (nSPS) is 16.3. The monoisotopic (exact) mass is 385 g/mol. The maximum Gasteiger partial charge on any atom is 0.296 e. The van der Waals surface area contributed by atoms with E-state index in [1.807, 2.05) is 0 Å². The molecular formula is C25H28AlNO. The molecule has 1 unspecified atom stereocenters. The van der Waals surface area contributed by atoms with Gasteiger partial charge in [-0.1, -0.05) is 80.6 Å². The molecule has 0 aromatic heterocycles. The van der Waals surface area contributed by atoms with E-state index < -0.39 is 14.1 Å². The zero-order valence-corrected chi connectivity index (χ0v) is 18.4. The minimum Gasteiger partial charge on any atom is -0.473 e. The topological polar surface area (TPSA) is 12.5 Å². The fraction of sp³-hybridized carbons (Fsp3) is 0.280. The number of hydrogen-bond donors (Lipinski definition) is 0. The van der Waals surface area contributed by atoms with Gasteiger partial charge in [-0.05, 0) is 17.7 Å². The Morgan fingerprint density at radius 3 is 2.14 bits per heavy atom. The van der Waals surface area contributed by atoms with Gasteiger partial charge in [-0.25, -0.2) is 0 Å². The molecule has 0 N–H and O–H groups in total. The second-order valence-corrected chi connectivity index (χ2v) is 11.6. The smallest absolute Gasteiger partial charge is 0.296 e. The summed E-state index contributed by atoms with van der Waals surface area (Å²) < 4.78 is 6.46. The Morgan fingerprint density at radius 2 is 1.50 bits per heavy atom. The van der Waals surface area contributed by atoms with Crippen LogP contribution in [0.15, 0.2) is 78.9 Å². The van der Waals surface area contributed by atoms with Crippen LogP contribution in [0.1, 0.15) is 35.4 Å². The first-order valence-corrected chi connectivity index (χ1v) is 13.1. The Kier molecular flexibility index (Phi) is 5.23.